The molecule has 0 heterocycles. The number of hydrogen-bond donors (Lipinski definition) is 0. The second kappa shape index (κ2) is 14.0. The van der Waals surface area contributed by atoms with Crippen molar-refractivity contribution in [2.24, 2.45) is 5.41 Å². The molecule has 1 aromatic carbocycles. The first-order valence-electron chi connectivity index (χ1n) is 15.3. The summed E-state index contributed by atoms with van der Waals surface area (Å²) in [4.78, 5) is 26.1. The first-order valence-corrected chi connectivity index (χ1v) is 19.7. The Balaban J connectivity index is 3.48. The summed E-state index contributed by atoms with van der Waals surface area (Å²) < 4.78 is 49.8. The Hall–Kier alpha value is -1.71. The van der Waals surface area contributed by atoms with E-state index in [0.717, 1.165) is 0 Å². The van der Waals surface area contributed by atoms with Gasteiger partial charge in [0, 0.05) is 6.61 Å². The van der Waals surface area contributed by atoms with Gasteiger partial charge in [-0.1, -0.05) is 34.6 Å². The number of ether oxygens (including phenoxy) is 2. The third-order valence-electron chi connectivity index (χ3n) is 7.70. The van der Waals surface area contributed by atoms with E-state index < -0.39 is 56.4 Å². The molecule has 0 aromatic heterocycles. The number of hydrogen-bond acceptors (Lipinski definition) is 9. The number of benzene rings is 1. The van der Waals surface area contributed by atoms with Crippen LogP contribution >= 0.6 is 7.82 Å². The molecule has 0 amide bonds. The number of phosphoric acid groups is 1. The minimum absolute atomic E-state index is 0.0248. The van der Waals surface area contributed by atoms with Crippen LogP contribution in [-0.2, 0) is 27.5 Å². The zero-order valence-electron chi connectivity index (χ0n) is 30.3. The van der Waals surface area contributed by atoms with Crippen LogP contribution in [0.2, 0.25) is 18.1 Å². The summed E-state index contributed by atoms with van der Waals surface area (Å²) in [6.07, 6.45) is 0.103. The van der Waals surface area contributed by atoms with Crippen LogP contribution in [0.4, 0.5) is 0 Å². The lowest BCUT2D eigenvalue weighted by molar-refractivity contribution is -0.0491. The quantitative estimate of drug-likeness (QED) is 0.116. The molecule has 1 aromatic rings. The SMILES string of the molecule is CC(C)OP(=O)(Oc1cc(C(=O)OC(C)(C)C)cc(C(=O)OC(C)(C)C)c1)OC(C)(C)C(C)(C)CCO[Si](C)(C)C(C)(C)C. The Bertz CT molecular complexity index is 1150. The standard InChI is InChI=1S/C33H59O9PSi/c1-23(2)40-43(36,42-33(14,15)32(12,13)18-19-37-44(16,17)31(9,10)11)41-26-21-24(27(34)38-29(3,4)5)20-25(22-26)28(35)39-30(6,7)8/h20-23H,18-19H2,1-17H3. The van der Waals surface area contributed by atoms with Crippen LogP contribution in [0.3, 0.4) is 0 Å². The van der Waals surface area contributed by atoms with Gasteiger partial charge >= 0.3 is 19.8 Å². The molecule has 0 bridgehead atoms. The second-order valence-electron chi connectivity index (χ2n) is 16.3. The summed E-state index contributed by atoms with van der Waals surface area (Å²) in [6.45, 7) is 33.1. The van der Waals surface area contributed by atoms with Crippen LogP contribution in [0.5, 0.6) is 5.75 Å². The summed E-state index contributed by atoms with van der Waals surface area (Å²) in [6, 6.07) is 4.07. The van der Waals surface area contributed by atoms with Gasteiger partial charge in [0.2, 0.25) is 0 Å². The van der Waals surface area contributed by atoms with E-state index in [1.54, 1.807) is 55.4 Å². The first kappa shape index (κ1) is 40.3. The molecule has 1 atom stereocenters. The molecule has 0 N–H and O–H groups in total. The summed E-state index contributed by atoms with van der Waals surface area (Å²) in [7, 11) is -6.29. The van der Waals surface area contributed by atoms with Gasteiger partial charge in [-0.2, -0.15) is 0 Å². The van der Waals surface area contributed by atoms with Crippen LogP contribution < -0.4 is 4.52 Å². The van der Waals surface area contributed by atoms with E-state index in [4.69, 9.17) is 27.5 Å². The van der Waals surface area contributed by atoms with Crippen molar-refractivity contribution in [3.05, 3.63) is 29.3 Å². The van der Waals surface area contributed by atoms with Crippen LogP contribution in [0.1, 0.15) is 131 Å². The number of carbonyl (C=O) groups is 2. The highest BCUT2D eigenvalue weighted by Crippen LogP contribution is 2.57. The zero-order chi connectivity index (χ0) is 34.7. The van der Waals surface area contributed by atoms with Gasteiger partial charge in [-0.25, -0.2) is 14.2 Å². The molecule has 0 saturated carbocycles. The fourth-order valence-corrected chi connectivity index (χ4v) is 6.35. The molecule has 0 aliphatic rings. The van der Waals surface area contributed by atoms with Crippen molar-refractivity contribution in [3.63, 3.8) is 0 Å². The molecule has 0 radical (unpaired) electrons. The predicted octanol–water partition coefficient (Wildman–Crippen LogP) is 9.74. The maximum absolute atomic E-state index is 14.3. The number of esters is 2. The van der Waals surface area contributed by atoms with Crippen molar-refractivity contribution >= 4 is 28.1 Å². The van der Waals surface area contributed by atoms with E-state index in [-0.39, 0.29) is 21.9 Å². The molecule has 0 aliphatic carbocycles. The topological polar surface area (TPSA) is 107 Å². The maximum atomic E-state index is 14.3. The molecule has 0 spiro atoms. The highest BCUT2D eigenvalue weighted by atomic mass is 31.2. The summed E-state index contributed by atoms with van der Waals surface area (Å²) in [5, 5.41) is 0.0732. The maximum Gasteiger partial charge on any atom is 0.530 e. The minimum Gasteiger partial charge on any atom is -0.456 e. The molecular formula is C33H59O9PSi. The van der Waals surface area contributed by atoms with Crippen molar-refractivity contribution in [3.8, 4) is 5.75 Å². The van der Waals surface area contributed by atoms with Crippen molar-refractivity contribution in [2.75, 3.05) is 6.61 Å². The lowest BCUT2D eigenvalue weighted by Crippen LogP contribution is -2.45. The van der Waals surface area contributed by atoms with Gasteiger partial charge in [0.05, 0.1) is 22.8 Å². The third-order valence-corrected chi connectivity index (χ3v) is 14.0. The smallest absolute Gasteiger partial charge is 0.456 e. The van der Waals surface area contributed by atoms with Crippen LogP contribution in [0, 0.1) is 5.41 Å². The van der Waals surface area contributed by atoms with E-state index in [0.29, 0.717) is 13.0 Å². The Morgan fingerprint density at radius 1 is 0.773 bits per heavy atom. The van der Waals surface area contributed by atoms with E-state index >= 15 is 0 Å². The molecule has 0 fully saturated rings. The van der Waals surface area contributed by atoms with E-state index in [9.17, 15) is 14.2 Å². The normalized spacial score (nSPS) is 15.1. The van der Waals surface area contributed by atoms with Crippen LogP contribution in [0.15, 0.2) is 18.2 Å². The number of rotatable bonds is 13. The highest BCUT2D eigenvalue weighted by molar-refractivity contribution is 7.49. The number of phosphoric ester groups is 1. The predicted molar refractivity (Wildman–Crippen MR) is 178 cm³/mol. The molecule has 11 heteroatoms. The van der Waals surface area contributed by atoms with Crippen molar-refractivity contribution in [1.82, 2.24) is 0 Å². The van der Waals surface area contributed by atoms with Crippen molar-refractivity contribution < 1.29 is 41.6 Å². The van der Waals surface area contributed by atoms with Gasteiger partial charge in [-0.15, -0.1) is 0 Å². The largest absolute Gasteiger partial charge is 0.530 e. The molecule has 254 valence electrons. The molecule has 1 unspecified atom stereocenters. The third kappa shape index (κ3) is 12.6. The molecule has 0 saturated heterocycles. The Morgan fingerprint density at radius 2 is 1.20 bits per heavy atom. The van der Waals surface area contributed by atoms with Crippen LogP contribution in [-0.4, -0.2) is 49.8 Å². The number of carbonyl (C=O) groups excluding carboxylic acids is 2. The monoisotopic (exact) mass is 658 g/mol. The van der Waals surface area contributed by atoms with E-state index in [2.05, 4.69) is 33.9 Å². The summed E-state index contributed by atoms with van der Waals surface area (Å²) in [5.74, 6) is -1.43. The van der Waals surface area contributed by atoms with Crippen molar-refractivity contribution in [1.29, 1.82) is 0 Å². The van der Waals surface area contributed by atoms with Gasteiger partial charge in [-0.05, 0) is 117 Å². The van der Waals surface area contributed by atoms with Gasteiger partial charge in [0.1, 0.15) is 17.0 Å². The Labute approximate surface area is 267 Å². The Kier molecular flexibility index (Phi) is 12.8. The summed E-state index contributed by atoms with van der Waals surface area (Å²) in [5.41, 5.74) is -3.06. The fourth-order valence-electron chi connectivity index (χ4n) is 3.49. The van der Waals surface area contributed by atoms with Crippen LogP contribution in [0.25, 0.3) is 0 Å². The van der Waals surface area contributed by atoms with Gasteiger partial charge < -0.3 is 18.4 Å². The Morgan fingerprint density at radius 3 is 1.57 bits per heavy atom. The first-order chi connectivity index (χ1) is 19.4. The van der Waals surface area contributed by atoms with Gasteiger partial charge in [-0.3, -0.25) is 9.05 Å². The van der Waals surface area contributed by atoms with Gasteiger partial charge in [0.15, 0.2) is 8.32 Å². The van der Waals surface area contributed by atoms with Crippen molar-refractivity contribution in [2.45, 2.75) is 151 Å². The van der Waals surface area contributed by atoms with E-state index in [1.807, 2.05) is 27.7 Å². The average Bonchev–Trinajstić information content (AvgIpc) is 2.74. The molecule has 1 rings (SSSR count). The highest BCUT2D eigenvalue weighted by Gasteiger charge is 2.47. The molecule has 9 nitrogen and oxygen atoms in total. The second-order valence-corrected chi connectivity index (χ2v) is 22.6. The molecule has 44 heavy (non-hydrogen) atoms. The lowest BCUT2D eigenvalue weighted by Gasteiger charge is -2.43. The average molecular weight is 659 g/mol. The minimum atomic E-state index is -4.33. The summed E-state index contributed by atoms with van der Waals surface area (Å²) >= 11 is 0. The van der Waals surface area contributed by atoms with Gasteiger partial charge in [0.25, 0.3) is 0 Å². The lowest BCUT2D eigenvalue weighted by atomic mass is 9.75. The molecular weight excluding hydrogens is 599 g/mol. The fraction of sp³-hybridized carbons (Fsp3) is 0.758. The zero-order valence-corrected chi connectivity index (χ0v) is 32.2. The molecule has 0 aliphatic heterocycles. The van der Waals surface area contributed by atoms with E-state index in [1.165, 1.54) is 18.2 Å².